The Hall–Kier alpha value is -2.52. The molecule has 0 radical (unpaired) electrons. The van der Waals surface area contributed by atoms with Crippen LogP contribution < -0.4 is 21.1 Å². The largest absolute Gasteiger partial charge is 0.378 e. The second-order valence-corrected chi connectivity index (χ2v) is 7.41. The molecule has 2 fully saturated rings. The van der Waals surface area contributed by atoms with Crippen molar-refractivity contribution in [2.24, 2.45) is 0 Å². The molecule has 0 aromatic carbocycles. The molecule has 2 aromatic heterocycles. The maximum absolute atomic E-state index is 13.7. The molecular weight excluding hydrogens is 375 g/mol. The van der Waals surface area contributed by atoms with Crippen molar-refractivity contribution in [1.29, 1.82) is 0 Å². The first-order valence-corrected chi connectivity index (χ1v) is 10.2. The van der Waals surface area contributed by atoms with Gasteiger partial charge in [0.1, 0.15) is 17.2 Å². The van der Waals surface area contributed by atoms with Crippen molar-refractivity contribution in [2.75, 3.05) is 49.6 Å². The molecule has 2 aromatic rings. The second kappa shape index (κ2) is 8.87. The Balaban J connectivity index is 1.79. The van der Waals surface area contributed by atoms with Gasteiger partial charge in [-0.1, -0.05) is 6.92 Å². The van der Waals surface area contributed by atoms with Gasteiger partial charge < -0.3 is 20.3 Å². The third-order valence-electron chi connectivity index (χ3n) is 5.41. The highest BCUT2D eigenvalue weighted by Crippen LogP contribution is 2.28. The molecule has 0 saturated carbocycles. The van der Waals surface area contributed by atoms with E-state index in [0.717, 1.165) is 32.1 Å². The van der Waals surface area contributed by atoms with Crippen LogP contribution in [0.3, 0.4) is 0 Å². The lowest BCUT2D eigenvalue weighted by Gasteiger charge is -2.29. The van der Waals surface area contributed by atoms with Gasteiger partial charge in [0.05, 0.1) is 25.1 Å². The molecular formula is C20H27FN6O2. The molecule has 8 nitrogen and oxygen atoms in total. The molecule has 2 aliphatic heterocycles. The third-order valence-corrected chi connectivity index (χ3v) is 5.41. The van der Waals surface area contributed by atoms with E-state index in [-0.39, 0.29) is 11.6 Å². The summed E-state index contributed by atoms with van der Waals surface area (Å²) in [5.41, 5.74) is 1.25. The number of nitrogens with zero attached hydrogens (tertiary/aromatic N) is 3. The van der Waals surface area contributed by atoms with Crippen LogP contribution >= 0.6 is 0 Å². The third kappa shape index (κ3) is 4.40. The normalized spacial score (nSPS) is 19.9. The maximum atomic E-state index is 13.7. The number of aromatic nitrogens is 3. The van der Waals surface area contributed by atoms with Crippen LogP contribution in [0.4, 0.5) is 16.2 Å². The summed E-state index contributed by atoms with van der Waals surface area (Å²) >= 11 is 0. The number of hydrogen-bond donors (Lipinski definition) is 3. The molecule has 2 aliphatic rings. The summed E-state index contributed by atoms with van der Waals surface area (Å²) in [6, 6.07) is 1.60. The van der Waals surface area contributed by atoms with Crippen LogP contribution in [-0.4, -0.2) is 60.4 Å². The van der Waals surface area contributed by atoms with E-state index in [4.69, 9.17) is 9.72 Å². The van der Waals surface area contributed by atoms with E-state index in [0.29, 0.717) is 61.3 Å². The highest BCUT2D eigenvalue weighted by atomic mass is 19.1. The van der Waals surface area contributed by atoms with Gasteiger partial charge in [0.15, 0.2) is 0 Å². The highest BCUT2D eigenvalue weighted by Gasteiger charge is 2.23. The van der Waals surface area contributed by atoms with Gasteiger partial charge in [-0.2, -0.15) is 4.98 Å². The summed E-state index contributed by atoms with van der Waals surface area (Å²) in [6.45, 7) is 6.25. The fraction of sp³-hybridized carbons (Fsp3) is 0.550. The van der Waals surface area contributed by atoms with Crippen molar-refractivity contribution in [3.8, 4) is 11.3 Å². The number of morpholine rings is 1. The summed E-state index contributed by atoms with van der Waals surface area (Å²) in [5, 5.41) is 6.82. The molecule has 1 unspecified atom stereocenters. The second-order valence-electron chi connectivity index (χ2n) is 7.41. The van der Waals surface area contributed by atoms with Crippen LogP contribution in [0.5, 0.6) is 0 Å². The van der Waals surface area contributed by atoms with Crippen molar-refractivity contribution in [3.63, 3.8) is 0 Å². The van der Waals surface area contributed by atoms with Gasteiger partial charge in [0.25, 0.3) is 5.56 Å². The smallest absolute Gasteiger partial charge is 0.263 e. The Morgan fingerprint density at radius 2 is 2.21 bits per heavy atom. The summed E-state index contributed by atoms with van der Waals surface area (Å²) in [7, 11) is 0. The van der Waals surface area contributed by atoms with Gasteiger partial charge in [-0.25, -0.2) is 4.39 Å². The number of nitrogens with one attached hydrogen (secondary N) is 3. The van der Waals surface area contributed by atoms with Crippen LogP contribution in [-0.2, 0) is 11.2 Å². The number of hydrogen-bond acceptors (Lipinski definition) is 7. The number of aromatic amines is 1. The summed E-state index contributed by atoms with van der Waals surface area (Å²) < 4.78 is 19.1. The van der Waals surface area contributed by atoms with E-state index in [1.807, 2.05) is 11.8 Å². The van der Waals surface area contributed by atoms with Crippen LogP contribution in [0.15, 0.2) is 17.1 Å². The predicted molar refractivity (Wildman–Crippen MR) is 110 cm³/mol. The van der Waals surface area contributed by atoms with Crippen molar-refractivity contribution >= 4 is 11.8 Å². The summed E-state index contributed by atoms with van der Waals surface area (Å²) in [5.74, 6) is 0.608. The van der Waals surface area contributed by atoms with E-state index in [1.165, 1.54) is 6.07 Å². The van der Waals surface area contributed by atoms with E-state index in [2.05, 4.69) is 20.6 Å². The van der Waals surface area contributed by atoms with Crippen LogP contribution in [0, 0.1) is 5.82 Å². The standard InChI is InChI=1S/C20H27FN6O2/c1-2-13-10-14(21)11-23-17(13)16-18(24-15-4-3-5-22-12-15)25-20(26-19(16)28)27-6-8-29-9-7-27/h10-11,15,22H,2-9,12H2,1H3,(H2,24,25,26,28). The quantitative estimate of drug-likeness (QED) is 0.698. The number of H-pyrrole nitrogens is 1. The zero-order valence-corrected chi connectivity index (χ0v) is 16.6. The molecule has 4 heterocycles. The fourth-order valence-electron chi connectivity index (χ4n) is 3.85. The van der Waals surface area contributed by atoms with Crippen molar-refractivity contribution in [1.82, 2.24) is 20.3 Å². The lowest BCUT2D eigenvalue weighted by atomic mass is 10.0. The minimum Gasteiger partial charge on any atom is -0.378 e. The van der Waals surface area contributed by atoms with Gasteiger partial charge in [0, 0.05) is 25.7 Å². The Bertz CT molecular complexity index is 906. The topological polar surface area (TPSA) is 95.2 Å². The molecule has 0 bridgehead atoms. The van der Waals surface area contributed by atoms with E-state index in [9.17, 15) is 9.18 Å². The molecule has 0 aliphatic carbocycles. The maximum Gasteiger partial charge on any atom is 0.263 e. The first-order chi connectivity index (χ1) is 14.2. The van der Waals surface area contributed by atoms with Gasteiger partial charge in [-0.15, -0.1) is 0 Å². The minimum atomic E-state index is -0.411. The zero-order valence-electron chi connectivity index (χ0n) is 16.6. The first-order valence-electron chi connectivity index (χ1n) is 10.2. The molecule has 29 heavy (non-hydrogen) atoms. The molecule has 0 spiro atoms. The Morgan fingerprint density at radius 3 is 2.93 bits per heavy atom. The zero-order chi connectivity index (χ0) is 20.2. The number of aryl methyl sites for hydroxylation is 1. The van der Waals surface area contributed by atoms with Crippen LogP contribution in [0.1, 0.15) is 25.3 Å². The Morgan fingerprint density at radius 1 is 1.38 bits per heavy atom. The van der Waals surface area contributed by atoms with Gasteiger partial charge >= 0.3 is 0 Å². The average molecular weight is 402 g/mol. The predicted octanol–water partition coefficient (Wildman–Crippen LogP) is 1.53. The summed E-state index contributed by atoms with van der Waals surface area (Å²) in [6.07, 6.45) is 3.76. The Kier molecular flexibility index (Phi) is 6.05. The fourth-order valence-corrected chi connectivity index (χ4v) is 3.85. The van der Waals surface area contributed by atoms with Crippen molar-refractivity contribution < 1.29 is 9.13 Å². The molecule has 9 heteroatoms. The molecule has 0 amide bonds. The van der Waals surface area contributed by atoms with Crippen LogP contribution in [0.25, 0.3) is 11.3 Å². The molecule has 4 rings (SSSR count). The highest BCUT2D eigenvalue weighted by molar-refractivity contribution is 5.75. The molecule has 3 N–H and O–H groups in total. The van der Waals surface area contributed by atoms with Gasteiger partial charge in [0.2, 0.25) is 5.95 Å². The first kappa shape index (κ1) is 19.8. The van der Waals surface area contributed by atoms with E-state index in [1.54, 1.807) is 0 Å². The number of halogens is 1. The van der Waals surface area contributed by atoms with E-state index >= 15 is 0 Å². The Labute approximate surface area is 168 Å². The molecule has 156 valence electrons. The van der Waals surface area contributed by atoms with Crippen molar-refractivity contribution in [2.45, 2.75) is 32.2 Å². The summed E-state index contributed by atoms with van der Waals surface area (Å²) in [4.78, 5) is 27.1. The number of anilines is 2. The average Bonchev–Trinajstić information content (AvgIpc) is 2.75. The monoisotopic (exact) mass is 402 g/mol. The van der Waals surface area contributed by atoms with Gasteiger partial charge in [-0.05, 0) is 37.4 Å². The minimum absolute atomic E-state index is 0.167. The number of ether oxygens (including phenoxy) is 1. The number of rotatable bonds is 5. The van der Waals surface area contributed by atoms with Crippen LogP contribution in [0.2, 0.25) is 0 Å². The lowest BCUT2D eigenvalue weighted by Crippen LogP contribution is -2.40. The van der Waals surface area contributed by atoms with Crippen molar-refractivity contribution in [3.05, 3.63) is 34.0 Å². The SMILES string of the molecule is CCc1cc(F)cnc1-c1c(NC2CCCNC2)nc(N2CCOCC2)[nH]c1=O. The molecule has 1 atom stereocenters. The lowest BCUT2D eigenvalue weighted by molar-refractivity contribution is 0.122. The number of pyridine rings is 1. The van der Waals surface area contributed by atoms with Gasteiger partial charge in [-0.3, -0.25) is 14.8 Å². The van der Waals surface area contributed by atoms with E-state index < -0.39 is 5.82 Å². The molecule has 2 saturated heterocycles. The number of piperidine rings is 1.